The SMILES string of the molecule is CC1(C)c2ccccc2N2c3c1ccc1c3C34c5c6c(cc7c8ccccc8n(c57)-c5cc(C78CC9CC(CC(C9)C7)C8)cc([n+]53)-c3cc(C57CC8CC(CC(C8)C5)C7)cc2[n+]34)C(C)(C)c2ccccc2N16. The summed E-state index contributed by atoms with van der Waals surface area (Å²) in [6.45, 7) is 10.1. The zero-order valence-electron chi connectivity index (χ0n) is 42.2. The summed E-state index contributed by atoms with van der Waals surface area (Å²) in [4.78, 5) is 5.59. The number of pyridine rings is 2. The number of anilines is 6. The molecule has 5 heteroatoms. The van der Waals surface area contributed by atoms with E-state index in [1.54, 1.807) is 11.1 Å². The fourth-order valence-electron chi connectivity index (χ4n) is 21.4. The van der Waals surface area contributed by atoms with Gasteiger partial charge in [0.25, 0.3) is 11.6 Å². The van der Waals surface area contributed by atoms with Gasteiger partial charge in [-0.25, -0.2) is 0 Å². The van der Waals surface area contributed by atoms with E-state index in [9.17, 15) is 0 Å². The van der Waals surface area contributed by atoms with Gasteiger partial charge in [0.2, 0.25) is 0 Å². The summed E-state index contributed by atoms with van der Waals surface area (Å²) >= 11 is 0. The molecule has 72 heavy (non-hydrogen) atoms. The lowest BCUT2D eigenvalue weighted by atomic mass is 9.48. The van der Waals surface area contributed by atoms with Crippen molar-refractivity contribution in [2.75, 3.05) is 9.80 Å². The monoisotopic (exact) mass is 935 g/mol. The van der Waals surface area contributed by atoms with Crippen LogP contribution in [-0.4, -0.2) is 4.57 Å². The fourth-order valence-corrected chi connectivity index (χ4v) is 21.4. The Hall–Kier alpha value is -6.20. The van der Waals surface area contributed by atoms with Crippen molar-refractivity contribution in [3.05, 3.63) is 160 Å². The number of hydrogen-bond acceptors (Lipinski definition) is 2. The lowest BCUT2D eigenvalue weighted by Gasteiger charge is -2.57. The Bertz CT molecular complexity index is 3920. The van der Waals surface area contributed by atoms with Crippen molar-refractivity contribution >= 4 is 56.1 Å². The van der Waals surface area contributed by atoms with E-state index in [-0.39, 0.29) is 21.7 Å². The molecule has 0 N–H and O–H groups in total. The fraction of sp³-hybridized carbons (Fsp3) is 0.403. The van der Waals surface area contributed by atoms with Crippen LogP contribution >= 0.6 is 0 Å². The zero-order chi connectivity index (χ0) is 46.9. The van der Waals surface area contributed by atoms with Crippen LogP contribution in [-0.2, 0) is 27.3 Å². The molecule has 22 rings (SSSR count). The highest BCUT2D eigenvalue weighted by molar-refractivity contribution is 6.15. The van der Waals surface area contributed by atoms with E-state index in [1.165, 1.54) is 184 Å². The third kappa shape index (κ3) is 3.91. The summed E-state index contributed by atoms with van der Waals surface area (Å²) in [5.74, 6) is 7.94. The molecule has 8 fully saturated rings. The highest BCUT2D eigenvalue weighted by Crippen LogP contribution is 2.70. The lowest BCUT2D eigenvalue weighted by molar-refractivity contribution is -0.931. The van der Waals surface area contributed by atoms with E-state index < -0.39 is 5.66 Å². The standard InChI is InChI=1S/C67H61N5/c1-63(2)47-13-7-10-16-52(47)70-57-28-43(66-33-39-22-40(34-66)24-41(23-39)35-66)26-55-54-25-42(65-30-36-19-37(31-65)21-38(20-36)32-65)27-56-69-50-14-8-5-11-44(50)45-29-49-62-59(60(45)69)67(71(54)56,72(55)57)58-53(18-17-48(63)61(58)70)68(62)51-15-9-6-12-46(51)64(49,3)4/h5-18,25-29,36-41H,19-24,30-35H2,1-4H3/q+2. The largest absolute Gasteiger partial charge is 0.319 e. The van der Waals surface area contributed by atoms with E-state index in [4.69, 9.17) is 0 Å². The molecule has 5 nitrogen and oxygen atoms in total. The molecule has 1 atom stereocenters. The second kappa shape index (κ2) is 11.6. The number of benzene rings is 5. The van der Waals surface area contributed by atoms with Crippen LogP contribution in [0.2, 0.25) is 0 Å². The van der Waals surface area contributed by atoms with Gasteiger partial charge < -0.3 is 4.90 Å². The topological polar surface area (TPSA) is 19.2 Å². The number of nitrogens with zero attached hydrogens (tertiary/aromatic N) is 5. The average Bonchev–Trinajstić information content (AvgIpc) is 3.86. The molecular formula is C67H61N5+2. The number of fused-ring (bicyclic) bond motifs is 11. The first-order valence-electron chi connectivity index (χ1n) is 28.4. The third-order valence-electron chi connectivity index (χ3n) is 23.2. The van der Waals surface area contributed by atoms with Crippen LogP contribution in [0.1, 0.15) is 149 Å². The van der Waals surface area contributed by atoms with Gasteiger partial charge in [0.1, 0.15) is 22.3 Å². The maximum atomic E-state index is 2.99. The van der Waals surface area contributed by atoms with E-state index >= 15 is 0 Å². The summed E-state index contributed by atoms with van der Waals surface area (Å²) < 4.78 is 8.79. The normalized spacial score (nSPS) is 32.9. The average molecular weight is 936 g/mol. The van der Waals surface area contributed by atoms with Gasteiger partial charge in [-0.15, -0.1) is 0 Å². The minimum Gasteiger partial charge on any atom is -0.308 e. The highest BCUT2D eigenvalue weighted by Gasteiger charge is 2.73. The molecule has 1 spiro atoms. The van der Waals surface area contributed by atoms with Gasteiger partial charge in [-0.05, 0) is 194 Å². The van der Waals surface area contributed by atoms with Crippen LogP contribution in [0.5, 0.6) is 0 Å². The van der Waals surface area contributed by atoms with Crippen LogP contribution in [0, 0.1) is 35.5 Å². The molecule has 14 aliphatic rings. The van der Waals surface area contributed by atoms with Crippen LogP contribution in [0.25, 0.3) is 39.0 Å². The number of aromatic nitrogens is 3. The van der Waals surface area contributed by atoms with E-state index in [0.29, 0.717) is 0 Å². The van der Waals surface area contributed by atoms with Gasteiger partial charge in [-0.1, -0.05) is 82.3 Å². The number of hydrogen-bond donors (Lipinski definition) is 0. The molecule has 0 radical (unpaired) electrons. The number of rotatable bonds is 2. The Morgan fingerprint density at radius 2 is 0.931 bits per heavy atom. The zero-order valence-corrected chi connectivity index (χ0v) is 42.2. The van der Waals surface area contributed by atoms with Gasteiger partial charge >= 0.3 is 5.66 Å². The predicted octanol–water partition coefficient (Wildman–Crippen LogP) is 14.7. The molecule has 6 aliphatic heterocycles. The molecule has 5 aromatic carbocycles. The summed E-state index contributed by atoms with van der Waals surface area (Å²) in [6.07, 6.45) is 16.9. The van der Waals surface area contributed by atoms with Crippen molar-refractivity contribution in [1.29, 1.82) is 0 Å². The van der Waals surface area contributed by atoms with Crippen molar-refractivity contribution in [3.63, 3.8) is 0 Å². The van der Waals surface area contributed by atoms with Crippen molar-refractivity contribution in [2.45, 2.75) is 132 Å². The van der Waals surface area contributed by atoms with Gasteiger partial charge in [0.15, 0.2) is 22.6 Å². The molecule has 1 unspecified atom stereocenters. The van der Waals surface area contributed by atoms with Crippen LogP contribution < -0.4 is 18.9 Å². The summed E-state index contributed by atoms with van der Waals surface area (Å²) in [6, 6.07) is 47.6. The molecule has 0 amide bonds. The van der Waals surface area contributed by atoms with E-state index in [2.05, 4.69) is 166 Å². The predicted molar refractivity (Wildman–Crippen MR) is 285 cm³/mol. The van der Waals surface area contributed by atoms with Crippen LogP contribution in [0.4, 0.5) is 34.3 Å². The maximum Gasteiger partial charge on any atom is 0.319 e. The second-order valence-corrected chi connectivity index (χ2v) is 27.4. The minimum atomic E-state index is -0.679. The van der Waals surface area contributed by atoms with Crippen LogP contribution in [0.15, 0.2) is 115 Å². The van der Waals surface area contributed by atoms with Crippen LogP contribution in [0.3, 0.4) is 0 Å². The smallest absolute Gasteiger partial charge is 0.308 e. The van der Waals surface area contributed by atoms with Crippen molar-refractivity contribution in [1.82, 2.24) is 4.57 Å². The first-order valence-corrected chi connectivity index (χ1v) is 28.4. The Labute approximate surface area is 422 Å². The molecular weight excluding hydrogens is 875 g/mol. The first-order chi connectivity index (χ1) is 35.0. The Kier molecular flexibility index (Phi) is 6.19. The summed E-state index contributed by atoms with van der Waals surface area (Å²) in [7, 11) is 0. The van der Waals surface area contributed by atoms with Crippen molar-refractivity contribution in [3.8, 4) is 17.2 Å². The molecule has 9 heterocycles. The van der Waals surface area contributed by atoms with E-state index in [1.807, 2.05) is 0 Å². The Morgan fingerprint density at radius 1 is 0.431 bits per heavy atom. The molecule has 3 aromatic heterocycles. The van der Waals surface area contributed by atoms with E-state index in [0.717, 1.165) is 35.5 Å². The summed E-state index contributed by atoms with van der Waals surface area (Å²) in [5, 5.41) is 2.77. The Balaban J connectivity index is 1.03. The lowest BCUT2D eigenvalue weighted by Crippen LogP contribution is -2.77. The van der Waals surface area contributed by atoms with Crippen molar-refractivity contribution in [2.24, 2.45) is 35.5 Å². The van der Waals surface area contributed by atoms with Gasteiger partial charge in [-0.2, -0.15) is 18.6 Å². The third-order valence-corrected chi connectivity index (χ3v) is 23.2. The molecule has 8 bridgehead atoms. The quantitative estimate of drug-likeness (QED) is 0.161. The molecule has 352 valence electrons. The molecule has 8 aromatic rings. The minimum absolute atomic E-state index is 0.221. The maximum absolute atomic E-state index is 2.99. The highest BCUT2D eigenvalue weighted by atomic mass is 15.5. The summed E-state index contributed by atoms with van der Waals surface area (Å²) in [5.41, 5.74) is 23.6. The second-order valence-electron chi connectivity index (χ2n) is 27.4. The van der Waals surface area contributed by atoms with Gasteiger partial charge in [-0.3, -0.25) is 0 Å². The first kappa shape index (κ1) is 38.4. The van der Waals surface area contributed by atoms with Gasteiger partial charge in [0, 0.05) is 44.9 Å². The van der Waals surface area contributed by atoms with Gasteiger partial charge in [0.05, 0.1) is 17.1 Å². The Morgan fingerprint density at radius 3 is 1.54 bits per heavy atom. The number of para-hydroxylation sites is 3. The molecule has 8 saturated carbocycles. The molecule has 0 saturated heterocycles. The molecule has 8 aliphatic carbocycles. The van der Waals surface area contributed by atoms with Crippen molar-refractivity contribution < 1.29 is 9.13 Å².